The van der Waals surface area contributed by atoms with E-state index in [-0.39, 0.29) is 30.0 Å². The zero-order chi connectivity index (χ0) is 20.0. The predicted octanol–water partition coefficient (Wildman–Crippen LogP) is 1.35. The number of aromatic hydroxyl groups is 1. The zero-order valence-electron chi connectivity index (χ0n) is 15.4. The van der Waals surface area contributed by atoms with E-state index >= 15 is 0 Å². The maximum Gasteiger partial charge on any atom is 0.330 e. The fourth-order valence-corrected chi connectivity index (χ4v) is 3.53. The SMILES string of the molecule is CCC(=O)N1N=C(c2c(O)n(C)c(=O)[nH]c2=O)C[C@@H]1c1c[nH]c2ccccc12. The van der Waals surface area contributed by atoms with Gasteiger partial charge in [0, 0.05) is 42.6 Å². The van der Waals surface area contributed by atoms with Crippen LogP contribution in [-0.2, 0) is 11.8 Å². The van der Waals surface area contributed by atoms with Crippen LogP contribution in [0.5, 0.6) is 5.88 Å². The van der Waals surface area contributed by atoms with Crippen LogP contribution >= 0.6 is 0 Å². The van der Waals surface area contributed by atoms with Crippen molar-refractivity contribution in [1.82, 2.24) is 19.5 Å². The summed E-state index contributed by atoms with van der Waals surface area (Å²) in [5, 5.41) is 17.0. The summed E-state index contributed by atoms with van der Waals surface area (Å²) < 4.78 is 0.935. The molecule has 9 heteroatoms. The molecule has 4 rings (SSSR count). The summed E-state index contributed by atoms with van der Waals surface area (Å²) in [4.78, 5) is 41.9. The topological polar surface area (TPSA) is 124 Å². The van der Waals surface area contributed by atoms with E-state index in [1.54, 1.807) is 6.92 Å². The number of fused-ring (bicyclic) bond motifs is 1. The minimum Gasteiger partial charge on any atom is -0.494 e. The lowest BCUT2D eigenvalue weighted by atomic mass is 9.98. The summed E-state index contributed by atoms with van der Waals surface area (Å²) in [5.74, 6) is -0.679. The van der Waals surface area contributed by atoms with Gasteiger partial charge < -0.3 is 10.1 Å². The number of carbonyl (C=O) groups excluding carboxylic acids is 1. The fourth-order valence-electron chi connectivity index (χ4n) is 3.53. The summed E-state index contributed by atoms with van der Waals surface area (Å²) in [6.45, 7) is 1.73. The lowest BCUT2D eigenvalue weighted by Crippen LogP contribution is -2.32. The second-order valence-electron chi connectivity index (χ2n) is 6.66. The molecule has 2 aromatic heterocycles. The van der Waals surface area contributed by atoms with E-state index < -0.39 is 23.2 Å². The molecule has 1 amide bonds. The molecule has 0 radical (unpaired) electrons. The van der Waals surface area contributed by atoms with Crippen LogP contribution in [0.2, 0.25) is 0 Å². The normalized spacial score (nSPS) is 16.6. The van der Waals surface area contributed by atoms with Gasteiger partial charge in [0.05, 0.1) is 11.8 Å². The van der Waals surface area contributed by atoms with Crippen molar-refractivity contribution in [2.45, 2.75) is 25.8 Å². The van der Waals surface area contributed by atoms with E-state index in [2.05, 4.69) is 15.1 Å². The highest BCUT2D eigenvalue weighted by molar-refractivity contribution is 6.05. The van der Waals surface area contributed by atoms with E-state index in [0.29, 0.717) is 0 Å². The number of rotatable bonds is 3. The zero-order valence-corrected chi connectivity index (χ0v) is 15.4. The third kappa shape index (κ3) is 2.63. The Hall–Kier alpha value is -3.62. The third-order valence-corrected chi connectivity index (χ3v) is 5.03. The Morgan fingerprint density at radius 3 is 2.82 bits per heavy atom. The highest BCUT2D eigenvalue weighted by Crippen LogP contribution is 2.37. The molecule has 0 fully saturated rings. The number of hydrogen-bond donors (Lipinski definition) is 3. The standard InChI is InChI=1S/C19H19N5O4/c1-3-15(25)24-14(11-9-20-12-7-5-4-6-10(11)12)8-13(22-24)16-17(26)21-19(28)23(2)18(16)27/h4-7,9,14,20,27H,3,8H2,1-2H3,(H,21,26,28)/t14-/m1/s1. The fraction of sp³-hybridized carbons (Fsp3) is 0.263. The van der Waals surface area contributed by atoms with Gasteiger partial charge in [-0.15, -0.1) is 0 Å². The van der Waals surface area contributed by atoms with E-state index in [1.165, 1.54) is 12.1 Å². The molecule has 0 aliphatic carbocycles. The van der Waals surface area contributed by atoms with E-state index in [0.717, 1.165) is 21.0 Å². The molecule has 1 atom stereocenters. The Morgan fingerprint density at radius 2 is 2.07 bits per heavy atom. The van der Waals surface area contributed by atoms with Gasteiger partial charge in [0.1, 0.15) is 5.56 Å². The van der Waals surface area contributed by atoms with Crippen LogP contribution in [0.25, 0.3) is 10.9 Å². The lowest BCUT2D eigenvalue weighted by molar-refractivity contribution is -0.132. The Bertz CT molecular complexity index is 1230. The number of nitrogens with one attached hydrogen (secondary N) is 2. The van der Waals surface area contributed by atoms with Crippen LogP contribution in [0.3, 0.4) is 0 Å². The van der Waals surface area contributed by atoms with Gasteiger partial charge in [-0.3, -0.25) is 19.1 Å². The van der Waals surface area contributed by atoms with Crippen molar-refractivity contribution < 1.29 is 9.90 Å². The number of hydrogen-bond acceptors (Lipinski definition) is 5. The molecule has 3 N–H and O–H groups in total. The van der Waals surface area contributed by atoms with Gasteiger partial charge >= 0.3 is 5.69 Å². The van der Waals surface area contributed by atoms with Crippen LogP contribution in [0, 0.1) is 0 Å². The highest BCUT2D eigenvalue weighted by Gasteiger charge is 2.36. The Labute approximate surface area is 158 Å². The van der Waals surface area contributed by atoms with E-state index in [4.69, 9.17) is 0 Å². The molecule has 0 unspecified atom stereocenters. The Balaban J connectivity index is 1.85. The molecule has 144 valence electrons. The van der Waals surface area contributed by atoms with Crippen molar-refractivity contribution in [2.24, 2.45) is 12.1 Å². The van der Waals surface area contributed by atoms with Crippen molar-refractivity contribution in [3.63, 3.8) is 0 Å². The van der Waals surface area contributed by atoms with Gasteiger partial charge in [-0.2, -0.15) is 5.10 Å². The second kappa shape index (κ2) is 6.52. The summed E-state index contributed by atoms with van der Waals surface area (Å²) in [6.07, 6.45) is 2.31. The van der Waals surface area contributed by atoms with Crippen LogP contribution in [0.4, 0.5) is 0 Å². The van der Waals surface area contributed by atoms with Gasteiger partial charge in [-0.1, -0.05) is 25.1 Å². The Morgan fingerprint density at radius 1 is 1.32 bits per heavy atom. The quantitative estimate of drug-likeness (QED) is 0.633. The minimum atomic E-state index is -0.733. The van der Waals surface area contributed by atoms with Crippen molar-refractivity contribution in [3.05, 3.63) is 62.4 Å². The van der Waals surface area contributed by atoms with Gasteiger partial charge in [0.15, 0.2) is 0 Å². The molecule has 1 aliphatic rings. The average Bonchev–Trinajstić information content (AvgIpc) is 3.30. The van der Waals surface area contributed by atoms with Gasteiger partial charge in [-0.05, 0) is 6.07 Å². The highest BCUT2D eigenvalue weighted by atomic mass is 16.3. The number of aromatic amines is 2. The first-order valence-electron chi connectivity index (χ1n) is 8.90. The molecule has 3 heterocycles. The summed E-state index contributed by atoms with van der Waals surface area (Å²) in [7, 11) is 1.35. The first-order chi connectivity index (χ1) is 13.4. The first-order valence-corrected chi connectivity index (χ1v) is 8.90. The molecular formula is C19H19N5O4. The number of para-hydroxylation sites is 1. The summed E-state index contributed by atoms with van der Waals surface area (Å²) in [6, 6.07) is 7.28. The van der Waals surface area contributed by atoms with Crippen molar-refractivity contribution in [3.8, 4) is 5.88 Å². The van der Waals surface area contributed by atoms with Crippen LogP contribution in [-0.4, -0.2) is 36.3 Å². The first kappa shape index (κ1) is 17.8. The smallest absolute Gasteiger partial charge is 0.330 e. The maximum absolute atomic E-state index is 12.5. The summed E-state index contributed by atoms with van der Waals surface area (Å²) >= 11 is 0. The van der Waals surface area contributed by atoms with Crippen LogP contribution in [0.1, 0.15) is 36.9 Å². The molecule has 0 spiro atoms. The van der Waals surface area contributed by atoms with Crippen molar-refractivity contribution >= 4 is 22.5 Å². The van der Waals surface area contributed by atoms with Gasteiger partial charge in [0.2, 0.25) is 11.8 Å². The van der Waals surface area contributed by atoms with Gasteiger partial charge in [0.25, 0.3) is 5.56 Å². The van der Waals surface area contributed by atoms with Crippen LogP contribution < -0.4 is 11.2 Å². The van der Waals surface area contributed by atoms with Crippen LogP contribution in [0.15, 0.2) is 45.2 Å². The van der Waals surface area contributed by atoms with E-state index in [9.17, 15) is 19.5 Å². The van der Waals surface area contributed by atoms with Crippen molar-refractivity contribution in [2.75, 3.05) is 0 Å². The third-order valence-electron chi connectivity index (χ3n) is 5.03. The largest absolute Gasteiger partial charge is 0.494 e. The number of aromatic nitrogens is 3. The molecule has 0 saturated carbocycles. The number of carbonyl (C=O) groups is 1. The maximum atomic E-state index is 12.5. The number of hydrazone groups is 1. The van der Waals surface area contributed by atoms with E-state index in [1.807, 2.05) is 30.5 Å². The summed E-state index contributed by atoms with van der Waals surface area (Å²) in [5.41, 5.74) is 0.502. The Kier molecular flexibility index (Phi) is 4.14. The molecule has 28 heavy (non-hydrogen) atoms. The predicted molar refractivity (Wildman–Crippen MR) is 103 cm³/mol. The molecule has 1 aromatic carbocycles. The molecule has 1 aliphatic heterocycles. The molecular weight excluding hydrogens is 362 g/mol. The monoisotopic (exact) mass is 381 g/mol. The minimum absolute atomic E-state index is 0.0988. The molecule has 0 bridgehead atoms. The molecule has 0 saturated heterocycles. The number of amides is 1. The molecule has 3 aromatic rings. The van der Waals surface area contributed by atoms with Crippen molar-refractivity contribution in [1.29, 1.82) is 0 Å². The molecule has 9 nitrogen and oxygen atoms in total. The number of H-pyrrole nitrogens is 2. The lowest BCUT2D eigenvalue weighted by Gasteiger charge is -2.20. The second-order valence-corrected chi connectivity index (χ2v) is 6.66. The average molecular weight is 381 g/mol. The number of benzene rings is 1. The van der Waals surface area contributed by atoms with Gasteiger partial charge in [-0.25, -0.2) is 9.80 Å². The number of nitrogens with zero attached hydrogens (tertiary/aromatic N) is 3.